The molecule has 0 radical (unpaired) electrons. The smallest absolute Gasteiger partial charge is 0.212 e. The molecule has 0 aromatic heterocycles. The van der Waals surface area contributed by atoms with Crippen molar-refractivity contribution in [3.05, 3.63) is 11.9 Å². The van der Waals surface area contributed by atoms with Crippen molar-refractivity contribution in [1.82, 2.24) is 0 Å². The van der Waals surface area contributed by atoms with Crippen molar-refractivity contribution in [3.8, 4) is 0 Å². The molecule has 12 heavy (non-hydrogen) atoms. The number of allylic oxidation sites excluding steroid dienone is 1. The van der Waals surface area contributed by atoms with Gasteiger partial charge in [-0.15, -0.1) is 0 Å². The second kappa shape index (κ2) is 3.72. The molecule has 0 saturated heterocycles. The van der Waals surface area contributed by atoms with E-state index in [0.717, 1.165) is 0 Å². The van der Waals surface area contributed by atoms with Gasteiger partial charge in [-0.05, 0) is 38.5 Å². The largest absolute Gasteiger partial charge is 0.356 e. The fourth-order valence-corrected chi connectivity index (χ4v) is 0.654. The molecular weight excluding hydrogens is 369 g/mol. The van der Waals surface area contributed by atoms with Gasteiger partial charge < -0.3 is 0 Å². The van der Waals surface area contributed by atoms with Gasteiger partial charge in [-0.3, -0.25) is 0 Å². The van der Waals surface area contributed by atoms with E-state index < -0.39 is 20.4 Å². The van der Waals surface area contributed by atoms with Crippen molar-refractivity contribution in [2.45, 2.75) is 8.51 Å². The zero-order chi connectivity index (χ0) is 10.2. The first-order valence-corrected chi connectivity index (χ1v) is 4.13. The summed E-state index contributed by atoms with van der Waals surface area (Å²) in [5.74, 6) is -7.96. The lowest BCUT2D eigenvalue weighted by molar-refractivity contribution is -0.0301. The highest BCUT2D eigenvalue weighted by molar-refractivity contribution is 14.1. The molecule has 0 rings (SSSR count). The zero-order valence-corrected chi connectivity index (χ0v) is 8.77. The summed E-state index contributed by atoms with van der Waals surface area (Å²) < 4.78 is 67.7. The van der Waals surface area contributed by atoms with E-state index in [1.54, 1.807) is 15.9 Å². The fourth-order valence-electron chi connectivity index (χ4n) is 0.243. The molecule has 0 aromatic carbocycles. The molecule has 0 saturated carbocycles. The Labute approximate surface area is 85.3 Å². The van der Waals surface area contributed by atoms with Crippen LogP contribution >= 0.6 is 38.5 Å². The molecule has 0 bridgehead atoms. The summed E-state index contributed by atoms with van der Waals surface area (Å²) in [5.41, 5.74) is 0. The standard InChI is InChI=1S/C4BrF6I/c5-4(11,12)3(9,10)1(6)2(7)8. The molecule has 0 nitrogen and oxygen atoms in total. The number of rotatable bonds is 2. The molecule has 1 unspecified atom stereocenters. The number of halogens is 8. The highest BCUT2D eigenvalue weighted by atomic mass is 127. The number of hydrogen-bond donors (Lipinski definition) is 0. The van der Waals surface area contributed by atoms with Gasteiger partial charge in [-0.2, -0.15) is 22.0 Å². The van der Waals surface area contributed by atoms with Crippen molar-refractivity contribution < 1.29 is 26.3 Å². The molecule has 0 aliphatic carbocycles. The lowest BCUT2D eigenvalue weighted by Crippen LogP contribution is -2.34. The molecule has 0 fully saturated rings. The van der Waals surface area contributed by atoms with Crippen LogP contribution in [0.4, 0.5) is 26.3 Å². The first kappa shape index (κ1) is 12.5. The molecule has 72 valence electrons. The van der Waals surface area contributed by atoms with E-state index in [2.05, 4.69) is 0 Å². The fraction of sp³-hybridized carbons (Fsp3) is 0.500. The average molecular weight is 369 g/mol. The third kappa shape index (κ3) is 2.51. The van der Waals surface area contributed by atoms with Crippen LogP contribution < -0.4 is 0 Å². The van der Waals surface area contributed by atoms with Gasteiger partial charge in [-0.1, -0.05) is 0 Å². The highest BCUT2D eigenvalue weighted by Crippen LogP contribution is 2.49. The van der Waals surface area contributed by atoms with E-state index in [1.807, 2.05) is 0 Å². The molecular formula is C4BrF6I. The van der Waals surface area contributed by atoms with Gasteiger partial charge in [0, 0.05) is 0 Å². The van der Waals surface area contributed by atoms with Crippen LogP contribution in [0.2, 0.25) is 0 Å². The maximum atomic E-state index is 12.3. The van der Waals surface area contributed by atoms with Crippen LogP contribution in [0.25, 0.3) is 0 Å². The molecule has 0 heterocycles. The SMILES string of the molecule is FC(F)=C(F)C(F)(F)C(F)(Br)I. The van der Waals surface area contributed by atoms with Crippen molar-refractivity contribution in [3.63, 3.8) is 0 Å². The molecule has 0 aliphatic heterocycles. The van der Waals surface area contributed by atoms with E-state index in [9.17, 15) is 26.3 Å². The minimum absolute atomic E-state index is 0.460. The van der Waals surface area contributed by atoms with Crippen LogP contribution in [0.5, 0.6) is 0 Å². The summed E-state index contributed by atoms with van der Waals surface area (Å²) in [6.07, 6.45) is -3.24. The van der Waals surface area contributed by atoms with E-state index in [-0.39, 0.29) is 0 Å². The van der Waals surface area contributed by atoms with E-state index >= 15 is 0 Å². The lowest BCUT2D eigenvalue weighted by atomic mass is 10.3. The monoisotopic (exact) mass is 368 g/mol. The average Bonchev–Trinajstić information content (AvgIpc) is 1.83. The van der Waals surface area contributed by atoms with Gasteiger partial charge in [0.2, 0.25) is 5.83 Å². The molecule has 1 atom stereocenters. The third-order valence-electron chi connectivity index (χ3n) is 0.798. The van der Waals surface area contributed by atoms with Gasteiger partial charge in [-0.25, -0.2) is 4.39 Å². The Kier molecular flexibility index (Phi) is 3.89. The first-order chi connectivity index (χ1) is 5.10. The van der Waals surface area contributed by atoms with E-state index in [0.29, 0.717) is 22.6 Å². The lowest BCUT2D eigenvalue weighted by Gasteiger charge is -2.20. The molecule has 0 aliphatic rings. The summed E-state index contributed by atoms with van der Waals surface area (Å²) in [5, 5.41) is 0. The van der Waals surface area contributed by atoms with Crippen molar-refractivity contribution in [1.29, 1.82) is 0 Å². The Bertz CT molecular complexity index is 202. The van der Waals surface area contributed by atoms with Crippen LogP contribution in [0, 0.1) is 0 Å². The summed E-state index contributed by atoms with van der Waals surface area (Å²) in [6.45, 7) is 0. The normalized spacial score (nSPS) is 17.0. The summed E-state index contributed by atoms with van der Waals surface area (Å²) in [6, 6.07) is 0. The van der Waals surface area contributed by atoms with Gasteiger partial charge in [0.15, 0.2) is 0 Å². The first-order valence-electron chi connectivity index (χ1n) is 2.26. The molecule has 8 heteroatoms. The van der Waals surface area contributed by atoms with E-state index in [1.165, 1.54) is 0 Å². The Morgan fingerprint density at radius 2 is 1.42 bits per heavy atom. The minimum Gasteiger partial charge on any atom is -0.212 e. The van der Waals surface area contributed by atoms with Gasteiger partial charge in [0.1, 0.15) is 0 Å². The predicted octanol–water partition coefficient (Wildman–Crippen LogP) is 4.15. The predicted molar refractivity (Wildman–Crippen MR) is 42.1 cm³/mol. The van der Waals surface area contributed by atoms with Crippen LogP contribution in [-0.4, -0.2) is 8.51 Å². The second-order valence-corrected chi connectivity index (χ2v) is 5.71. The summed E-state index contributed by atoms with van der Waals surface area (Å²) in [4.78, 5) is 0. The van der Waals surface area contributed by atoms with Crippen molar-refractivity contribution >= 4 is 38.5 Å². The molecule has 0 N–H and O–H groups in total. The summed E-state index contributed by atoms with van der Waals surface area (Å²) >= 11 is 2.19. The number of alkyl halides is 5. The van der Waals surface area contributed by atoms with Crippen molar-refractivity contribution in [2.24, 2.45) is 0 Å². The Morgan fingerprint density at radius 3 is 1.50 bits per heavy atom. The molecule has 0 amide bonds. The topological polar surface area (TPSA) is 0 Å². The van der Waals surface area contributed by atoms with Gasteiger partial charge in [0.25, 0.3) is 2.58 Å². The second-order valence-electron chi connectivity index (χ2n) is 1.65. The van der Waals surface area contributed by atoms with Crippen molar-refractivity contribution in [2.75, 3.05) is 0 Å². The highest BCUT2D eigenvalue weighted by Gasteiger charge is 2.57. The molecule has 0 aromatic rings. The maximum absolute atomic E-state index is 12.3. The number of hydrogen-bond acceptors (Lipinski definition) is 0. The third-order valence-corrected chi connectivity index (χ3v) is 1.97. The van der Waals surface area contributed by atoms with Crippen LogP contribution in [0.15, 0.2) is 11.9 Å². The van der Waals surface area contributed by atoms with Crippen LogP contribution in [0.3, 0.4) is 0 Å². The maximum Gasteiger partial charge on any atom is 0.356 e. The Balaban J connectivity index is 5.01. The van der Waals surface area contributed by atoms with Gasteiger partial charge >= 0.3 is 12.0 Å². The Hall–Kier alpha value is 0.530. The summed E-state index contributed by atoms with van der Waals surface area (Å²) in [7, 11) is 0. The Morgan fingerprint density at radius 1 is 1.08 bits per heavy atom. The van der Waals surface area contributed by atoms with Crippen LogP contribution in [0.1, 0.15) is 0 Å². The van der Waals surface area contributed by atoms with Crippen LogP contribution in [-0.2, 0) is 0 Å². The van der Waals surface area contributed by atoms with E-state index in [4.69, 9.17) is 0 Å². The minimum atomic E-state index is -4.88. The quantitative estimate of drug-likeness (QED) is 0.390. The molecule has 0 spiro atoms. The van der Waals surface area contributed by atoms with Gasteiger partial charge in [0.05, 0.1) is 0 Å². The zero-order valence-electron chi connectivity index (χ0n) is 5.02.